The van der Waals surface area contributed by atoms with Gasteiger partial charge in [0.2, 0.25) is 0 Å². The summed E-state index contributed by atoms with van der Waals surface area (Å²) in [6.45, 7) is 8.27. The molecular weight excluding hydrogens is 356 g/mol. The molecule has 0 fully saturated rings. The van der Waals surface area contributed by atoms with Crippen LogP contribution >= 0.6 is 0 Å². The number of hydrogen-bond donors (Lipinski definition) is 1. The lowest BCUT2D eigenvalue weighted by molar-refractivity contribution is -0.123. The Hall–Kier alpha value is -3.15. The number of carbonyl (C=O) groups excluding carboxylic acids is 2. The smallest absolute Gasteiger partial charge is 0.337 e. The van der Waals surface area contributed by atoms with Crippen LogP contribution in [0.15, 0.2) is 47.6 Å². The minimum atomic E-state index is -0.403. The molecule has 148 valence electrons. The summed E-state index contributed by atoms with van der Waals surface area (Å²) >= 11 is 0. The maximum atomic E-state index is 11.9. The molecule has 0 heterocycles. The van der Waals surface area contributed by atoms with Gasteiger partial charge in [-0.3, -0.25) is 4.79 Å². The van der Waals surface area contributed by atoms with Crippen LogP contribution in [-0.2, 0) is 14.9 Å². The van der Waals surface area contributed by atoms with Crippen molar-refractivity contribution in [2.24, 2.45) is 5.10 Å². The van der Waals surface area contributed by atoms with Crippen LogP contribution < -0.4 is 10.2 Å². The summed E-state index contributed by atoms with van der Waals surface area (Å²) in [5.41, 5.74) is 5.86. The second-order valence-corrected chi connectivity index (χ2v) is 7.43. The van der Waals surface area contributed by atoms with Crippen LogP contribution in [0.1, 0.15) is 47.8 Å². The molecule has 0 unspecified atom stereocenters. The molecule has 1 amide bonds. The topological polar surface area (TPSA) is 77.0 Å². The molecule has 0 atom stereocenters. The van der Waals surface area contributed by atoms with Crippen molar-refractivity contribution in [2.45, 2.75) is 33.1 Å². The molecule has 0 saturated carbocycles. The molecule has 2 aromatic carbocycles. The molecule has 0 aliphatic rings. The summed E-state index contributed by atoms with van der Waals surface area (Å²) in [7, 11) is 1.33. The number of carbonyl (C=O) groups is 2. The first-order chi connectivity index (χ1) is 13.2. The minimum Gasteiger partial charge on any atom is -0.483 e. The number of amides is 1. The molecule has 2 rings (SSSR count). The highest BCUT2D eigenvalue weighted by atomic mass is 16.5. The van der Waals surface area contributed by atoms with E-state index >= 15 is 0 Å². The van der Waals surface area contributed by atoms with Crippen molar-refractivity contribution < 1.29 is 19.1 Å². The fourth-order valence-electron chi connectivity index (χ4n) is 2.46. The normalized spacial score (nSPS) is 11.3. The highest BCUT2D eigenvalue weighted by Crippen LogP contribution is 2.27. The van der Waals surface area contributed by atoms with E-state index in [-0.39, 0.29) is 17.9 Å². The Morgan fingerprint density at radius 2 is 1.79 bits per heavy atom. The predicted molar refractivity (Wildman–Crippen MR) is 109 cm³/mol. The van der Waals surface area contributed by atoms with E-state index < -0.39 is 5.97 Å². The van der Waals surface area contributed by atoms with E-state index in [0.717, 1.165) is 11.1 Å². The lowest BCUT2D eigenvalue weighted by atomic mass is 9.86. The number of aryl methyl sites for hydroxylation is 1. The zero-order valence-electron chi connectivity index (χ0n) is 16.9. The largest absolute Gasteiger partial charge is 0.483 e. The molecule has 0 spiro atoms. The van der Waals surface area contributed by atoms with Crippen molar-refractivity contribution in [1.82, 2.24) is 5.43 Å². The lowest BCUT2D eigenvalue weighted by Crippen LogP contribution is -2.24. The Labute approximate surface area is 165 Å². The Balaban J connectivity index is 1.86. The standard InChI is InChI=1S/C22H26N2O4/c1-15-12-18(22(2,3)4)10-11-19(15)28-14-20(25)24-23-13-16-6-8-17(9-7-16)21(26)27-5/h6-13H,14H2,1-5H3,(H,24,25)/b23-13+. The maximum absolute atomic E-state index is 11.9. The van der Waals surface area contributed by atoms with Gasteiger partial charge in [0.1, 0.15) is 5.75 Å². The van der Waals surface area contributed by atoms with Crippen molar-refractivity contribution >= 4 is 18.1 Å². The summed E-state index contributed by atoms with van der Waals surface area (Å²) in [5, 5.41) is 3.90. The average molecular weight is 382 g/mol. The molecular formula is C22H26N2O4. The van der Waals surface area contributed by atoms with Crippen LogP contribution in [0.3, 0.4) is 0 Å². The first-order valence-electron chi connectivity index (χ1n) is 8.95. The van der Waals surface area contributed by atoms with Gasteiger partial charge in [0.25, 0.3) is 5.91 Å². The van der Waals surface area contributed by atoms with E-state index in [0.29, 0.717) is 11.3 Å². The number of methoxy groups -OCH3 is 1. The van der Waals surface area contributed by atoms with Gasteiger partial charge < -0.3 is 9.47 Å². The van der Waals surface area contributed by atoms with E-state index in [1.165, 1.54) is 18.9 Å². The van der Waals surface area contributed by atoms with Crippen LogP contribution in [-0.4, -0.2) is 31.8 Å². The number of ether oxygens (including phenoxy) is 2. The minimum absolute atomic E-state index is 0.0600. The van der Waals surface area contributed by atoms with Crippen LogP contribution in [0.25, 0.3) is 0 Å². The van der Waals surface area contributed by atoms with Crippen LogP contribution in [0.2, 0.25) is 0 Å². The van der Waals surface area contributed by atoms with Crippen molar-refractivity contribution in [2.75, 3.05) is 13.7 Å². The monoisotopic (exact) mass is 382 g/mol. The number of rotatable bonds is 6. The summed E-state index contributed by atoms with van der Waals surface area (Å²) in [6, 6.07) is 12.6. The molecule has 0 bridgehead atoms. The number of hydrazone groups is 1. The van der Waals surface area contributed by atoms with Crippen LogP contribution in [0, 0.1) is 6.92 Å². The molecule has 0 saturated heterocycles. The number of nitrogens with zero attached hydrogens (tertiary/aromatic N) is 1. The molecule has 0 aromatic heterocycles. The van der Waals surface area contributed by atoms with Crippen molar-refractivity contribution in [3.8, 4) is 5.75 Å². The van der Waals surface area contributed by atoms with Gasteiger partial charge in [-0.2, -0.15) is 5.10 Å². The third-order valence-corrected chi connectivity index (χ3v) is 4.13. The van der Waals surface area contributed by atoms with Crippen molar-refractivity contribution in [1.29, 1.82) is 0 Å². The number of esters is 1. The molecule has 0 aliphatic heterocycles. The summed E-state index contributed by atoms with van der Waals surface area (Å²) in [6.07, 6.45) is 1.49. The van der Waals surface area contributed by atoms with Gasteiger partial charge in [0.15, 0.2) is 6.61 Å². The summed E-state index contributed by atoms with van der Waals surface area (Å²) < 4.78 is 10.2. The molecule has 6 heteroatoms. The molecule has 0 aliphatic carbocycles. The van der Waals surface area contributed by atoms with Gasteiger partial charge in [-0.05, 0) is 47.2 Å². The zero-order valence-corrected chi connectivity index (χ0v) is 16.9. The Bertz CT molecular complexity index is 865. The van der Waals surface area contributed by atoms with Gasteiger partial charge in [0.05, 0.1) is 18.9 Å². The molecule has 2 aromatic rings. The first kappa shape index (κ1) is 21.2. The second-order valence-electron chi connectivity index (χ2n) is 7.43. The van der Waals surface area contributed by atoms with Crippen LogP contribution in [0.5, 0.6) is 5.75 Å². The molecule has 1 N–H and O–H groups in total. The third kappa shape index (κ3) is 5.94. The molecule has 6 nitrogen and oxygen atoms in total. The molecule has 0 radical (unpaired) electrons. The van der Waals surface area contributed by atoms with Crippen molar-refractivity contribution in [3.63, 3.8) is 0 Å². The fourth-order valence-corrected chi connectivity index (χ4v) is 2.46. The van der Waals surface area contributed by atoms with E-state index in [1.807, 2.05) is 19.1 Å². The SMILES string of the molecule is COC(=O)c1ccc(/C=N/NC(=O)COc2ccc(C(C)(C)C)cc2C)cc1. The van der Waals surface area contributed by atoms with Gasteiger partial charge in [-0.15, -0.1) is 0 Å². The molecule has 28 heavy (non-hydrogen) atoms. The van der Waals surface area contributed by atoms with Gasteiger partial charge >= 0.3 is 5.97 Å². The number of hydrogen-bond acceptors (Lipinski definition) is 5. The maximum Gasteiger partial charge on any atom is 0.337 e. The number of nitrogens with one attached hydrogen (secondary N) is 1. The first-order valence-corrected chi connectivity index (χ1v) is 8.95. The summed E-state index contributed by atoms with van der Waals surface area (Å²) in [4.78, 5) is 23.3. The van der Waals surface area contributed by atoms with E-state index in [1.54, 1.807) is 24.3 Å². The zero-order chi connectivity index (χ0) is 20.7. The predicted octanol–water partition coefficient (Wildman–Crippen LogP) is 3.61. The second kappa shape index (κ2) is 9.17. The van der Waals surface area contributed by atoms with Crippen molar-refractivity contribution in [3.05, 3.63) is 64.7 Å². The van der Waals surface area contributed by atoms with Gasteiger partial charge in [-0.25, -0.2) is 10.2 Å². The fraction of sp³-hybridized carbons (Fsp3) is 0.318. The van der Waals surface area contributed by atoms with E-state index in [2.05, 4.69) is 42.1 Å². The lowest BCUT2D eigenvalue weighted by Gasteiger charge is -2.20. The third-order valence-electron chi connectivity index (χ3n) is 4.13. The quantitative estimate of drug-likeness (QED) is 0.470. The van der Waals surface area contributed by atoms with Gasteiger partial charge in [-0.1, -0.05) is 45.0 Å². The van der Waals surface area contributed by atoms with Crippen LogP contribution in [0.4, 0.5) is 0 Å². The van der Waals surface area contributed by atoms with E-state index in [9.17, 15) is 9.59 Å². The summed E-state index contributed by atoms with van der Waals surface area (Å²) in [5.74, 6) is -0.0907. The Morgan fingerprint density at radius 3 is 2.36 bits per heavy atom. The highest BCUT2D eigenvalue weighted by molar-refractivity contribution is 5.90. The average Bonchev–Trinajstić information content (AvgIpc) is 2.66. The Morgan fingerprint density at radius 1 is 1.11 bits per heavy atom. The highest BCUT2D eigenvalue weighted by Gasteiger charge is 2.15. The van der Waals surface area contributed by atoms with E-state index in [4.69, 9.17) is 4.74 Å². The van der Waals surface area contributed by atoms with Gasteiger partial charge in [0, 0.05) is 0 Å². The number of benzene rings is 2. The Kier molecular flexibility index (Phi) is 6.93.